The summed E-state index contributed by atoms with van der Waals surface area (Å²) in [6, 6.07) is 20.4. The van der Waals surface area contributed by atoms with E-state index in [9.17, 15) is 4.79 Å². The van der Waals surface area contributed by atoms with Crippen molar-refractivity contribution in [3.05, 3.63) is 94.8 Å². The van der Waals surface area contributed by atoms with Crippen LogP contribution in [0.5, 0.6) is 11.5 Å². The number of aromatic amines is 1. The van der Waals surface area contributed by atoms with Gasteiger partial charge >= 0.3 is 0 Å². The molecule has 2 aromatic carbocycles. The molecule has 0 bridgehead atoms. The molecular weight excluding hydrogens is 344 g/mol. The van der Waals surface area contributed by atoms with Gasteiger partial charge in [-0.05, 0) is 48.5 Å². The zero-order valence-corrected chi connectivity index (χ0v) is 14.3. The number of ether oxygens (including phenoxy) is 1. The average molecular weight is 360 g/mol. The van der Waals surface area contributed by atoms with Gasteiger partial charge in [-0.3, -0.25) is 9.78 Å². The molecular formula is C20H16N4O3. The summed E-state index contributed by atoms with van der Waals surface area (Å²) in [6.07, 6.45) is 1.85. The molecule has 7 nitrogen and oxygen atoms in total. The van der Waals surface area contributed by atoms with Crippen molar-refractivity contribution in [1.82, 2.24) is 15.2 Å². The van der Waals surface area contributed by atoms with Crippen LogP contribution >= 0.6 is 0 Å². The van der Waals surface area contributed by atoms with Gasteiger partial charge in [-0.25, -0.2) is 0 Å². The smallest absolute Gasteiger partial charge is 0.274 e. The van der Waals surface area contributed by atoms with E-state index in [0.29, 0.717) is 23.6 Å². The summed E-state index contributed by atoms with van der Waals surface area (Å²) in [4.78, 5) is 14.8. The van der Waals surface area contributed by atoms with Gasteiger partial charge in [0, 0.05) is 5.69 Å². The summed E-state index contributed by atoms with van der Waals surface area (Å²) in [5, 5.41) is 11.0. The zero-order chi connectivity index (χ0) is 18.5. The highest BCUT2D eigenvalue weighted by molar-refractivity contribution is 5.54. The lowest BCUT2D eigenvalue weighted by Gasteiger charge is -2.08. The number of nitrogens with one attached hydrogen (secondary N) is 2. The van der Waals surface area contributed by atoms with Crippen molar-refractivity contribution in [3.63, 3.8) is 0 Å². The van der Waals surface area contributed by atoms with Crippen LogP contribution in [0, 0.1) is 0 Å². The fourth-order valence-electron chi connectivity index (χ4n) is 2.48. The minimum Gasteiger partial charge on any atom is -0.469 e. The molecule has 2 N–H and O–H groups in total. The van der Waals surface area contributed by atoms with Crippen molar-refractivity contribution < 1.29 is 9.15 Å². The molecule has 0 amide bonds. The molecule has 7 heteroatoms. The Balaban J connectivity index is 1.43. The van der Waals surface area contributed by atoms with Gasteiger partial charge in [0.1, 0.15) is 23.0 Å². The normalized spacial score (nSPS) is 10.5. The molecule has 0 atom stereocenters. The number of anilines is 2. The predicted octanol–water partition coefficient (Wildman–Crippen LogP) is 3.88. The van der Waals surface area contributed by atoms with Gasteiger partial charge in [0.05, 0.1) is 12.7 Å². The highest BCUT2D eigenvalue weighted by Gasteiger charge is 2.08. The molecule has 0 aliphatic heterocycles. The van der Waals surface area contributed by atoms with Gasteiger partial charge < -0.3 is 14.5 Å². The van der Waals surface area contributed by atoms with Crippen molar-refractivity contribution in [3.8, 4) is 11.5 Å². The molecule has 0 aliphatic rings. The number of para-hydroxylation sites is 1. The lowest BCUT2D eigenvalue weighted by molar-refractivity contribution is 0.483. The summed E-state index contributed by atoms with van der Waals surface area (Å²) in [7, 11) is 0. The first-order valence-corrected chi connectivity index (χ1v) is 8.34. The van der Waals surface area contributed by atoms with E-state index in [1.165, 1.54) is 0 Å². The highest BCUT2D eigenvalue weighted by atomic mass is 16.5. The molecule has 0 unspecified atom stereocenters. The molecule has 0 spiro atoms. The first-order valence-electron chi connectivity index (χ1n) is 8.34. The molecule has 2 heterocycles. The van der Waals surface area contributed by atoms with Crippen molar-refractivity contribution in [2.24, 2.45) is 0 Å². The molecule has 4 rings (SSSR count). The summed E-state index contributed by atoms with van der Waals surface area (Å²) < 4.78 is 11.0. The summed E-state index contributed by atoms with van der Waals surface area (Å²) in [5.41, 5.74) is 0.731. The molecule has 0 radical (unpaired) electrons. The fraction of sp³-hybridized carbons (Fsp3) is 0.0500. The number of hydrogen-bond acceptors (Lipinski definition) is 6. The SMILES string of the molecule is O=c1[nH]c(Nc2ccc(Oc3ccccc3)cc2)nnc1Cc1ccco1. The third-order valence-electron chi connectivity index (χ3n) is 3.78. The number of aromatic nitrogens is 3. The maximum atomic E-state index is 12.2. The van der Waals surface area contributed by atoms with Crippen molar-refractivity contribution in [2.75, 3.05) is 5.32 Å². The number of nitrogens with zero attached hydrogens (tertiary/aromatic N) is 2. The average Bonchev–Trinajstić information content (AvgIpc) is 3.20. The van der Waals surface area contributed by atoms with Gasteiger partial charge in [-0.1, -0.05) is 18.2 Å². The van der Waals surface area contributed by atoms with Gasteiger partial charge in [0.2, 0.25) is 5.95 Å². The monoisotopic (exact) mass is 360 g/mol. The van der Waals surface area contributed by atoms with Gasteiger partial charge in [-0.2, -0.15) is 0 Å². The third kappa shape index (κ3) is 4.21. The maximum Gasteiger partial charge on any atom is 0.274 e. The Kier molecular flexibility index (Phi) is 4.65. The molecule has 134 valence electrons. The van der Waals surface area contributed by atoms with Gasteiger partial charge in [0.25, 0.3) is 5.56 Å². The predicted molar refractivity (Wildman–Crippen MR) is 100 cm³/mol. The summed E-state index contributed by atoms with van der Waals surface area (Å²) >= 11 is 0. The van der Waals surface area contributed by atoms with Crippen molar-refractivity contribution >= 4 is 11.6 Å². The largest absolute Gasteiger partial charge is 0.469 e. The highest BCUT2D eigenvalue weighted by Crippen LogP contribution is 2.23. The van der Waals surface area contributed by atoms with Gasteiger partial charge in [0.15, 0.2) is 0 Å². The lowest BCUT2D eigenvalue weighted by Crippen LogP contribution is -2.18. The van der Waals surface area contributed by atoms with E-state index in [1.807, 2.05) is 54.6 Å². The minimum absolute atomic E-state index is 0.264. The van der Waals surface area contributed by atoms with E-state index in [4.69, 9.17) is 9.15 Å². The molecule has 0 aliphatic carbocycles. The summed E-state index contributed by atoms with van der Waals surface area (Å²) in [6.45, 7) is 0. The Morgan fingerprint density at radius 2 is 1.70 bits per heavy atom. The van der Waals surface area contributed by atoms with Crippen LogP contribution in [0.25, 0.3) is 0 Å². The van der Waals surface area contributed by atoms with Crippen LogP contribution < -0.4 is 15.6 Å². The van der Waals surface area contributed by atoms with Crippen LogP contribution in [0.1, 0.15) is 11.5 Å². The van der Waals surface area contributed by atoms with Crippen LogP contribution in [-0.4, -0.2) is 15.2 Å². The standard InChI is InChI=1S/C20H16N4O3/c25-19-18(13-17-7-4-12-26-17)23-24-20(22-19)21-14-8-10-16(11-9-14)27-15-5-2-1-3-6-15/h1-12H,13H2,(H2,21,22,24,25). The van der Waals surface area contributed by atoms with Crippen LogP contribution in [0.4, 0.5) is 11.6 Å². The Labute approximate surface area is 154 Å². The van der Waals surface area contributed by atoms with E-state index in [-0.39, 0.29) is 11.5 Å². The molecule has 27 heavy (non-hydrogen) atoms. The van der Waals surface area contributed by atoms with E-state index in [2.05, 4.69) is 20.5 Å². The van der Waals surface area contributed by atoms with Crippen molar-refractivity contribution in [2.45, 2.75) is 6.42 Å². The third-order valence-corrected chi connectivity index (χ3v) is 3.78. The Bertz CT molecular complexity index is 1060. The number of benzene rings is 2. The second-order valence-corrected chi connectivity index (χ2v) is 5.77. The second-order valence-electron chi connectivity index (χ2n) is 5.77. The first-order chi connectivity index (χ1) is 13.3. The number of hydrogen-bond donors (Lipinski definition) is 2. The Hall–Kier alpha value is -3.87. The number of rotatable bonds is 6. The van der Waals surface area contributed by atoms with Crippen LogP contribution in [0.3, 0.4) is 0 Å². The first kappa shape index (κ1) is 16.6. The Morgan fingerprint density at radius 1 is 0.926 bits per heavy atom. The van der Waals surface area contributed by atoms with Crippen LogP contribution in [0.2, 0.25) is 0 Å². The number of H-pyrrole nitrogens is 1. The topological polar surface area (TPSA) is 93.0 Å². The van der Waals surface area contributed by atoms with Crippen LogP contribution in [-0.2, 0) is 6.42 Å². The van der Waals surface area contributed by atoms with E-state index < -0.39 is 0 Å². The van der Waals surface area contributed by atoms with Gasteiger partial charge in [-0.15, -0.1) is 10.2 Å². The van der Waals surface area contributed by atoms with Crippen molar-refractivity contribution in [1.29, 1.82) is 0 Å². The quantitative estimate of drug-likeness (QED) is 0.542. The second kappa shape index (κ2) is 7.57. The Morgan fingerprint density at radius 3 is 2.41 bits per heavy atom. The lowest BCUT2D eigenvalue weighted by atomic mass is 10.2. The summed E-state index contributed by atoms with van der Waals surface area (Å²) in [5.74, 6) is 2.39. The van der Waals surface area contributed by atoms with E-state index >= 15 is 0 Å². The molecule has 0 saturated carbocycles. The molecule has 0 saturated heterocycles. The van der Waals surface area contributed by atoms with Crippen LogP contribution in [0.15, 0.2) is 82.2 Å². The fourth-order valence-corrected chi connectivity index (χ4v) is 2.48. The molecule has 4 aromatic rings. The number of furan rings is 1. The molecule has 0 fully saturated rings. The molecule has 2 aromatic heterocycles. The maximum absolute atomic E-state index is 12.2. The van der Waals surface area contributed by atoms with E-state index in [0.717, 1.165) is 11.4 Å². The zero-order valence-electron chi connectivity index (χ0n) is 14.3. The van der Waals surface area contributed by atoms with E-state index in [1.54, 1.807) is 18.4 Å². The minimum atomic E-state index is -0.312.